The average molecular weight is 317 g/mol. The predicted octanol–water partition coefficient (Wildman–Crippen LogP) is 4.56. The van der Waals surface area contributed by atoms with Crippen molar-refractivity contribution in [2.75, 3.05) is 0 Å². The lowest BCUT2D eigenvalue weighted by atomic mass is 10.3. The van der Waals surface area contributed by atoms with Gasteiger partial charge in [0.15, 0.2) is 0 Å². The van der Waals surface area contributed by atoms with Crippen LogP contribution in [0.4, 0.5) is 4.39 Å². The second-order valence-electron chi connectivity index (χ2n) is 3.32. The van der Waals surface area contributed by atoms with Crippen LogP contribution in [-0.4, -0.2) is 4.98 Å². The van der Waals surface area contributed by atoms with Crippen molar-refractivity contribution < 1.29 is 9.13 Å². The Morgan fingerprint density at radius 3 is 2.71 bits per heavy atom. The highest BCUT2D eigenvalue weighted by Gasteiger charge is 2.05. The minimum Gasteiger partial charge on any atom is -0.437 e. The highest BCUT2D eigenvalue weighted by molar-refractivity contribution is 9.08. The van der Waals surface area contributed by atoms with E-state index in [1.165, 1.54) is 18.2 Å². The van der Waals surface area contributed by atoms with Crippen molar-refractivity contribution in [2.45, 2.75) is 5.33 Å². The first kappa shape index (κ1) is 12.3. The van der Waals surface area contributed by atoms with Gasteiger partial charge in [0.25, 0.3) is 0 Å². The smallest absolute Gasteiger partial charge is 0.219 e. The molecule has 0 radical (unpaired) electrons. The van der Waals surface area contributed by atoms with Gasteiger partial charge in [-0.2, -0.15) is 0 Å². The third-order valence-corrected chi connectivity index (χ3v) is 3.00. The molecular formula is C12H8BrClFNO. The molecule has 17 heavy (non-hydrogen) atoms. The van der Waals surface area contributed by atoms with E-state index < -0.39 is 5.82 Å². The van der Waals surface area contributed by atoms with Crippen molar-refractivity contribution in [1.82, 2.24) is 4.98 Å². The lowest BCUT2D eigenvalue weighted by Gasteiger charge is -2.06. The van der Waals surface area contributed by atoms with Gasteiger partial charge < -0.3 is 4.74 Å². The summed E-state index contributed by atoms with van der Waals surface area (Å²) in [6.07, 6.45) is 1.70. The van der Waals surface area contributed by atoms with E-state index in [0.717, 1.165) is 10.9 Å². The molecule has 1 heterocycles. The van der Waals surface area contributed by atoms with Crippen molar-refractivity contribution in [3.05, 3.63) is 52.9 Å². The Hall–Kier alpha value is -1.13. The molecule has 0 aliphatic carbocycles. The maximum Gasteiger partial charge on any atom is 0.219 e. The fraction of sp³-hybridized carbons (Fsp3) is 0.0833. The van der Waals surface area contributed by atoms with Crippen LogP contribution in [-0.2, 0) is 5.33 Å². The second kappa shape index (κ2) is 5.47. The molecule has 0 N–H and O–H groups in total. The highest BCUT2D eigenvalue weighted by atomic mass is 79.9. The van der Waals surface area contributed by atoms with E-state index >= 15 is 0 Å². The largest absolute Gasteiger partial charge is 0.437 e. The van der Waals surface area contributed by atoms with Crippen molar-refractivity contribution in [1.29, 1.82) is 0 Å². The summed E-state index contributed by atoms with van der Waals surface area (Å²) in [6.45, 7) is 0. The SMILES string of the molecule is Fc1ccc(Oc2ccc(CBr)cn2)c(Cl)c1. The number of hydrogen-bond acceptors (Lipinski definition) is 2. The maximum atomic E-state index is 12.8. The van der Waals surface area contributed by atoms with Gasteiger partial charge in [0.1, 0.15) is 11.6 Å². The van der Waals surface area contributed by atoms with Crippen molar-refractivity contribution in [3.63, 3.8) is 0 Å². The van der Waals surface area contributed by atoms with Crippen LogP contribution in [0.2, 0.25) is 5.02 Å². The molecule has 1 aromatic carbocycles. The van der Waals surface area contributed by atoms with E-state index in [2.05, 4.69) is 20.9 Å². The predicted molar refractivity (Wildman–Crippen MR) is 68.4 cm³/mol. The molecule has 0 unspecified atom stereocenters. The van der Waals surface area contributed by atoms with Crippen LogP contribution >= 0.6 is 27.5 Å². The quantitative estimate of drug-likeness (QED) is 0.774. The first-order valence-corrected chi connectivity index (χ1v) is 6.33. The van der Waals surface area contributed by atoms with Gasteiger partial charge in [-0.1, -0.05) is 33.6 Å². The van der Waals surface area contributed by atoms with E-state index in [1.54, 1.807) is 12.3 Å². The second-order valence-corrected chi connectivity index (χ2v) is 4.28. The molecular weight excluding hydrogens is 308 g/mol. The summed E-state index contributed by atoms with van der Waals surface area (Å²) in [4.78, 5) is 4.10. The molecule has 88 valence electrons. The first-order valence-electron chi connectivity index (χ1n) is 4.83. The number of hydrogen-bond donors (Lipinski definition) is 0. The zero-order chi connectivity index (χ0) is 12.3. The number of ether oxygens (including phenoxy) is 1. The van der Waals surface area contributed by atoms with Crippen LogP contribution in [0.15, 0.2) is 36.5 Å². The summed E-state index contributed by atoms with van der Waals surface area (Å²) in [6, 6.07) is 7.57. The molecule has 0 saturated heterocycles. The molecule has 2 aromatic rings. The molecule has 0 atom stereocenters. The molecule has 0 saturated carbocycles. The molecule has 0 fully saturated rings. The van der Waals surface area contributed by atoms with Gasteiger partial charge in [-0.15, -0.1) is 0 Å². The molecule has 0 spiro atoms. The van der Waals surface area contributed by atoms with Crippen molar-refractivity contribution in [3.8, 4) is 11.6 Å². The van der Waals surface area contributed by atoms with E-state index in [-0.39, 0.29) is 5.02 Å². The van der Waals surface area contributed by atoms with Gasteiger partial charge in [0.05, 0.1) is 5.02 Å². The number of pyridine rings is 1. The highest BCUT2D eigenvalue weighted by Crippen LogP contribution is 2.28. The number of alkyl halides is 1. The number of halogens is 3. The Labute approximate surface area is 112 Å². The molecule has 0 aliphatic rings. The van der Waals surface area contributed by atoms with Gasteiger partial charge in [-0.05, 0) is 23.8 Å². The fourth-order valence-corrected chi connectivity index (χ4v) is 1.76. The number of nitrogens with zero attached hydrogens (tertiary/aromatic N) is 1. The van der Waals surface area contributed by atoms with Crippen LogP contribution in [0.3, 0.4) is 0 Å². The Bertz CT molecular complexity index is 518. The summed E-state index contributed by atoms with van der Waals surface area (Å²) in [5.41, 5.74) is 1.04. The van der Waals surface area contributed by atoms with Gasteiger partial charge in [0.2, 0.25) is 5.88 Å². The minimum atomic E-state index is -0.398. The number of aromatic nitrogens is 1. The van der Waals surface area contributed by atoms with E-state index in [9.17, 15) is 4.39 Å². The van der Waals surface area contributed by atoms with Crippen LogP contribution in [0, 0.1) is 5.82 Å². The third kappa shape index (κ3) is 3.17. The minimum absolute atomic E-state index is 0.219. The van der Waals surface area contributed by atoms with Gasteiger partial charge in [-0.3, -0.25) is 0 Å². The molecule has 5 heteroatoms. The number of rotatable bonds is 3. The molecule has 1 aromatic heterocycles. The van der Waals surface area contributed by atoms with Crippen molar-refractivity contribution >= 4 is 27.5 Å². The Kier molecular flexibility index (Phi) is 3.97. The third-order valence-electron chi connectivity index (χ3n) is 2.06. The van der Waals surface area contributed by atoms with Crippen LogP contribution in [0.5, 0.6) is 11.6 Å². The Morgan fingerprint density at radius 2 is 2.12 bits per heavy atom. The fourth-order valence-electron chi connectivity index (χ4n) is 1.22. The lowest BCUT2D eigenvalue weighted by molar-refractivity contribution is 0.461. The molecule has 2 nitrogen and oxygen atoms in total. The van der Waals surface area contributed by atoms with Crippen LogP contribution in [0.1, 0.15) is 5.56 Å². The standard InChI is InChI=1S/C12H8BrClFNO/c13-6-8-1-4-12(16-7-8)17-11-3-2-9(15)5-10(11)14/h1-5,7H,6H2. The van der Waals surface area contributed by atoms with Crippen molar-refractivity contribution in [2.24, 2.45) is 0 Å². The summed E-state index contributed by atoms with van der Waals surface area (Å²) in [5, 5.41) is 0.953. The van der Waals surface area contributed by atoms with Gasteiger partial charge in [0, 0.05) is 17.6 Å². The topological polar surface area (TPSA) is 22.1 Å². The van der Waals surface area contributed by atoms with Gasteiger partial charge >= 0.3 is 0 Å². The molecule has 2 rings (SSSR count). The molecule has 0 bridgehead atoms. The zero-order valence-electron chi connectivity index (χ0n) is 8.66. The van der Waals surface area contributed by atoms with Crippen LogP contribution in [0.25, 0.3) is 0 Å². The first-order chi connectivity index (χ1) is 8.19. The normalized spacial score (nSPS) is 10.3. The average Bonchev–Trinajstić information content (AvgIpc) is 2.34. The Morgan fingerprint density at radius 1 is 1.29 bits per heavy atom. The lowest BCUT2D eigenvalue weighted by Crippen LogP contribution is -1.90. The molecule has 0 aliphatic heterocycles. The van der Waals surface area contributed by atoms with Crippen LogP contribution < -0.4 is 4.74 Å². The monoisotopic (exact) mass is 315 g/mol. The summed E-state index contributed by atoms with van der Waals surface area (Å²) >= 11 is 9.16. The summed E-state index contributed by atoms with van der Waals surface area (Å²) < 4.78 is 18.3. The summed E-state index contributed by atoms with van der Waals surface area (Å²) in [7, 11) is 0. The molecule has 0 amide bonds. The maximum absolute atomic E-state index is 12.8. The number of benzene rings is 1. The summed E-state index contributed by atoms with van der Waals surface area (Å²) in [5.74, 6) is 0.403. The van der Waals surface area contributed by atoms with Gasteiger partial charge in [-0.25, -0.2) is 9.37 Å². The van der Waals surface area contributed by atoms with E-state index in [0.29, 0.717) is 11.6 Å². The van der Waals surface area contributed by atoms with E-state index in [4.69, 9.17) is 16.3 Å². The zero-order valence-corrected chi connectivity index (χ0v) is 11.0. The Balaban J connectivity index is 2.19. The van der Waals surface area contributed by atoms with E-state index in [1.807, 2.05) is 6.07 Å².